The van der Waals surface area contributed by atoms with Crippen molar-refractivity contribution in [3.05, 3.63) is 78.4 Å². The molecule has 5 aliphatic rings. The number of carboxylic acid groups (broad SMARTS) is 1. The minimum Gasteiger partial charge on any atom is -0.508 e. The molecule has 2 aromatic carbocycles. The molecule has 0 aliphatic heterocycles. The lowest BCUT2D eigenvalue weighted by Crippen LogP contribution is -2.46. The largest absolute Gasteiger partial charge is 0.508 e. The van der Waals surface area contributed by atoms with Gasteiger partial charge in [0.1, 0.15) is 5.75 Å². The molecule has 612 valence electrons. The second-order valence-electron chi connectivity index (χ2n) is 30.1. The minimum absolute atomic E-state index is 0.342. The van der Waals surface area contributed by atoms with Crippen LogP contribution in [0.2, 0.25) is 0 Å². The third kappa shape index (κ3) is 105. The number of aromatic hydroxyl groups is 1. The fourth-order valence-corrected chi connectivity index (χ4v) is 18.9. The van der Waals surface area contributed by atoms with Crippen LogP contribution in [-0.4, -0.2) is 61.9 Å². The van der Waals surface area contributed by atoms with Crippen molar-refractivity contribution in [3.8, 4) is 5.75 Å². The normalized spacial score (nSPS) is 16.5. The Balaban J connectivity index is -0.000000350. The Kier molecular flexibility index (Phi) is 108. The van der Waals surface area contributed by atoms with Gasteiger partial charge in [-0.25, -0.2) is 0 Å². The van der Waals surface area contributed by atoms with Gasteiger partial charge < -0.3 is 10.2 Å². The number of allylic oxidation sites excluding steroid dienone is 1. The Morgan fingerprint density at radius 2 is 0.748 bits per heavy atom. The molecule has 14 heteroatoms. The monoisotopic (exact) mass is 2670 g/mol. The Morgan fingerprint density at radius 3 is 0.981 bits per heavy atom. The molecular formula is C89H161I11O3. The third-order valence-electron chi connectivity index (χ3n) is 17.8. The number of carbonyl (C=O) groups is 1. The van der Waals surface area contributed by atoms with Crippen molar-refractivity contribution in [2.75, 3.05) is 31.0 Å². The second kappa shape index (κ2) is 94.6. The van der Waals surface area contributed by atoms with Crippen molar-refractivity contribution in [2.24, 2.45) is 17.8 Å². The molecule has 0 unspecified atom stereocenters. The van der Waals surface area contributed by atoms with Crippen LogP contribution in [-0.2, 0) is 17.6 Å². The first kappa shape index (κ1) is 117. The van der Waals surface area contributed by atoms with Crippen LogP contribution >= 0.6 is 248 Å². The maximum absolute atomic E-state index is 10.2. The van der Waals surface area contributed by atoms with Crippen molar-refractivity contribution in [3.63, 3.8) is 0 Å². The fraction of sp³-hybridized carbons (Fsp3) is 0.831. The maximum atomic E-state index is 10.2. The summed E-state index contributed by atoms with van der Waals surface area (Å²) in [5.74, 6) is 3.10. The molecule has 3 nitrogen and oxygen atoms in total. The van der Waals surface area contributed by atoms with Crippen LogP contribution in [0.25, 0.3) is 0 Å². The predicted octanol–water partition coefficient (Wildman–Crippen LogP) is 36.9. The SMILES string of the molecule is C=CCCCI.CC(C)(C)I.CC(C)I.CCCCCCCCCCCCCCCCI.CCCCCCCCCCCCI.CCCCI.IC12CC3CC(CC(C3)C1)C2.IC1CCCCC1.ICCCc1ccccc1.O=C(O)CCCCCCCCCCI.Oc1ccc(CCCI)cc1. The number of aryl methyl sites for hydroxylation is 2. The molecule has 5 fully saturated rings. The molecule has 5 saturated carbocycles. The predicted molar refractivity (Wildman–Crippen MR) is 568 cm³/mol. The van der Waals surface area contributed by atoms with Gasteiger partial charge in [-0.1, -0.05) is 558 Å². The third-order valence-corrected chi connectivity index (χ3v) is 25.7. The van der Waals surface area contributed by atoms with E-state index in [1.165, 1.54) is 312 Å². The zero-order valence-corrected chi connectivity index (χ0v) is 91.3. The highest BCUT2D eigenvalue weighted by Gasteiger charge is 2.49. The van der Waals surface area contributed by atoms with Crippen LogP contribution in [0.15, 0.2) is 67.3 Å². The van der Waals surface area contributed by atoms with E-state index in [9.17, 15) is 4.79 Å². The summed E-state index contributed by atoms with van der Waals surface area (Å²) in [7, 11) is 0. The standard InChI is InChI=1S/C16H33I.C12H25I.C11H21IO2.C10H15I.C9H11IO.C9H11I.C6H11I.C5H9I.2C4H9I.C3H7I/c1-2-3-4-5-6-7-8-9-10-11-12-13-14-15-16-17;1-2-3-4-5-6-7-8-9-10-11-12-13;12-10-8-6-4-2-1-3-5-7-9-11(13)14;11-10-4-7-1-8(5-10)3-9(2-7)6-10;10-7-1-2-8-3-5-9(11)6-4-8;10-8-4-7-9-5-2-1-3-6-9;7-6-4-2-1-3-5-6;1-2-3-4-5-6;1-4(2,3)5;1-2-3-4-5;1-3(2)4/h2-16H2,1H3;2-12H2,1H3;1-10H2,(H,13,14);7-9H,1-6H2;3-6,11H,1-2,7H2;1-3,5-6H,4,7-8H2;6H,1-5H2;2H,1,3-5H2;1-3H3;2-4H2,1H3;3H,1-2H3. The van der Waals surface area contributed by atoms with E-state index >= 15 is 0 Å². The Hall–Kier alpha value is 5.48. The van der Waals surface area contributed by atoms with E-state index in [0.29, 0.717) is 15.6 Å². The highest BCUT2D eigenvalue weighted by Crippen LogP contribution is 2.59. The van der Waals surface area contributed by atoms with Gasteiger partial charge in [0.15, 0.2) is 0 Å². The molecule has 0 aromatic heterocycles. The number of halogens is 11. The zero-order chi connectivity index (χ0) is 78.0. The fourth-order valence-electron chi connectivity index (χ4n) is 12.6. The number of hydrogen-bond donors (Lipinski definition) is 2. The average molecular weight is 2680 g/mol. The van der Waals surface area contributed by atoms with Gasteiger partial charge in [-0.05, 0) is 194 Å². The number of benzene rings is 2. The lowest BCUT2D eigenvalue weighted by atomic mass is 9.56. The van der Waals surface area contributed by atoms with Gasteiger partial charge >= 0.3 is 5.97 Å². The van der Waals surface area contributed by atoms with Crippen molar-refractivity contribution in [1.82, 2.24) is 0 Å². The molecule has 2 aromatic rings. The summed E-state index contributed by atoms with van der Waals surface area (Å²) in [4.78, 5) is 10.2. The zero-order valence-electron chi connectivity index (χ0n) is 67.5. The number of phenolic OH excluding ortho intramolecular Hbond substituents is 1. The number of hydrogen-bond acceptors (Lipinski definition) is 2. The summed E-state index contributed by atoms with van der Waals surface area (Å²) in [6.45, 7) is 21.2. The number of carboxylic acids is 1. The van der Waals surface area contributed by atoms with Crippen molar-refractivity contribution in [2.45, 2.75) is 404 Å². The summed E-state index contributed by atoms with van der Waals surface area (Å²) >= 11 is 27.0. The lowest BCUT2D eigenvalue weighted by molar-refractivity contribution is -0.137. The van der Waals surface area contributed by atoms with E-state index in [-0.39, 0.29) is 0 Å². The van der Waals surface area contributed by atoms with Crippen molar-refractivity contribution in [1.29, 1.82) is 0 Å². The van der Waals surface area contributed by atoms with Gasteiger partial charge in [0.2, 0.25) is 0 Å². The molecule has 4 bridgehead atoms. The summed E-state index contributed by atoms with van der Waals surface area (Å²) in [6.07, 6.45) is 73.9. The van der Waals surface area contributed by atoms with Gasteiger partial charge in [0.05, 0.1) is 0 Å². The first-order chi connectivity index (χ1) is 49.5. The summed E-state index contributed by atoms with van der Waals surface area (Å²) in [6, 6.07) is 18.1. The Morgan fingerprint density at radius 1 is 0.466 bits per heavy atom. The number of rotatable bonds is 45. The van der Waals surface area contributed by atoms with Crippen LogP contribution in [0.4, 0.5) is 0 Å². The van der Waals surface area contributed by atoms with E-state index < -0.39 is 5.97 Å². The Bertz CT molecular complexity index is 1830. The topological polar surface area (TPSA) is 57.5 Å². The number of phenols is 1. The number of alkyl halides is 11. The van der Waals surface area contributed by atoms with Crippen LogP contribution in [0.3, 0.4) is 0 Å². The molecule has 0 saturated heterocycles. The van der Waals surface area contributed by atoms with Gasteiger partial charge in [-0.15, -0.1) is 6.58 Å². The summed E-state index contributed by atoms with van der Waals surface area (Å²) in [5, 5.41) is 17.4. The van der Waals surface area contributed by atoms with Gasteiger partial charge in [0, 0.05) is 21.1 Å². The molecule has 0 radical (unpaired) electrons. The van der Waals surface area contributed by atoms with Gasteiger partial charge in [-0.2, -0.15) is 0 Å². The lowest BCUT2D eigenvalue weighted by Gasteiger charge is -2.54. The van der Waals surface area contributed by atoms with Gasteiger partial charge in [0.25, 0.3) is 0 Å². The highest BCUT2D eigenvalue weighted by molar-refractivity contribution is 14.1. The van der Waals surface area contributed by atoms with Crippen LogP contribution in [0.5, 0.6) is 5.75 Å². The van der Waals surface area contributed by atoms with Crippen molar-refractivity contribution < 1.29 is 15.0 Å². The van der Waals surface area contributed by atoms with E-state index in [4.69, 9.17) is 10.2 Å². The molecule has 0 atom stereocenters. The number of unbranched alkanes of at least 4 members (excludes halogenated alkanes) is 31. The van der Waals surface area contributed by atoms with E-state index in [1.807, 2.05) is 18.2 Å². The molecule has 0 amide bonds. The van der Waals surface area contributed by atoms with Crippen LogP contribution in [0, 0.1) is 17.8 Å². The molecule has 7 rings (SSSR count). The average Bonchev–Trinajstić information content (AvgIpc) is 0.764. The van der Waals surface area contributed by atoms with Gasteiger partial charge in [-0.3, -0.25) is 4.79 Å². The second-order valence-corrected chi connectivity index (χ2v) is 47.4. The smallest absolute Gasteiger partial charge is 0.303 e. The molecule has 2 N–H and O–H groups in total. The molecule has 5 aliphatic carbocycles. The summed E-state index contributed by atoms with van der Waals surface area (Å²) in [5.41, 5.74) is 2.76. The highest BCUT2D eigenvalue weighted by atomic mass is 127. The van der Waals surface area contributed by atoms with E-state index in [1.54, 1.807) is 50.7 Å². The Labute approximate surface area is 794 Å². The minimum atomic E-state index is -0.660. The van der Waals surface area contributed by atoms with E-state index in [0.717, 1.165) is 48.3 Å². The summed E-state index contributed by atoms with van der Waals surface area (Å²) < 4.78 is 12.0. The quantitative estimate of drug-likeness (QED) is 0.0301. The first-order valence-corrected chi connectivity index (χ1v) is 57.1. The van der Waals surface area contributed by atoms with Crippen LogP contribution < -0.4 is 0 Å². The van der Waals surface area contributed by atoms with E-state index in [2.05, 4.69) is 341 Å². The molecule has 103 heavy (non-hydrogen) atoms. The molecule has 0 heterocycles. The first-order valence-electron chi connectivity index (χ1n) is 41.8. The molecular weight excluding hydrogens is 2510 g/mol. The van der Waals surface area contributed by atoms with Crippen LogP contribution in [0.1, 0.15) is 388 Å². The number of aliphatic carboxylic acids is 1. The molecule has 0 spiro atoms. The maximum Gasteiger partial charge on any atom is 0.303 e. The van der Waals surface area contributed by atoms with Crippen molar-refractivity contribution >= 4 is 254 Å².